The van der Waals surface area contributed by atoms with Gasteiger partial charge in [0.05, 0.1) is 23.9 Å². The molecule has 0 aromatic heterocycles. The van der Waals surface area contributed by atoms with E-state index in [0.717, 1.165) is 0 Å². The number of ether oxygens (including phenoxy) is 3. The Morgan fingerprint density at radius 1 is 1.12 bits per heavy atom. The van der Waals surface area contributed by atoms with Gasteiger partial charge in [-0.2, -0.15) is 0 Å². The lowest BCUT2D eigenvalue weighted by Crippen LogP contribution is -2.37. The Labute approximate surface area is 104 Å². The predicted molar refractivity (Wildman–Crippen MR) is 65.8 cm³/mol. The third kappa shape index (κ3) is 5.82. The van der Waals surface area contributed by atoms with Gasteiger partial charge in [0, 0.05) is 6.42 Å². The molecule has 102 valence electrons. The van der Waals surface area contributed by atoms with Crippen LogP contribution in [0.25, 0.3) is 0 Å². The Morgan fingerprint density at radius 2 is 1.71 bits per heavy atom. The number of aliphatic hydroxyl groups is 1. The average Bonchev–Trinajstić information content (AvgIpc) is 2.38. The third-order valence-corrected chi connectivity index (χ3v) is 2.37. The van der Waals surface area contributed by atoms with Crippen LogP contribution in [0.5, 0.6) is 0 Å². The predicted octanol–water partition coefficient (Wildman–Crippen LogP) is 2.09. The molecule has 1 rings (SSSR count). The van der Waals surface area contributed by atoms with Crippen molar-refractivity contribution in [3.05, 3.63) is 0 Å². The van der Waals surface area contributed by atoms with Gasteiger partial charge >= 0.3 is 0 Å². The Bertz CT molecular complexity index is 239. The van der Waals surface area contributed by atoms with E-state index in [1.807, 2.05) is 41.5 Å². The molecule has 0 saturated carbocycles. The zero-order valence-corrected chi connectivity index (χ0v) is 11.8. The van der Waals surface area contributed by atoms with Gasteiger partial charge in [0.1, 0.15) is 6.10 Å². The summed E-state index contributed by atoms with van der Waals surface area (Å²) in [6.07, 6.45) is -0.526. The molecule has 0 spiro atoms. The van der Waals surface area contributed by atoms with Crippen LogP contribution in [0.15, 0.2) is 0 Å². The Morgan fingerprint density at radius 3 is 2.18 bits per heavy atom. The van der Waals surface area contributed by atoms with Crippen molar-refractivity contribution in [2.24, 2.45) is 0 Å². The second-order valence-electron chi connectivity index (χ2n) is 6.56. The summed E-state index contributed by atoms with van der Waals surface area (Å²) in [6.45, 7) is 12.4. The largest absolute Gasteiger partial charge is 0.373 e. The Hall–Kier alpha value is -0.160. The van der Waals surface area contributed by atoms with E-state index in [1.54, 1.807) is 0 Å². The summed E-state index contributed by atoms with van der Waals surface area (Å²) < 4.78 is 17.0. The number of aliphatic hydroxyl groups excluding tert-OH is 1. The second kappa shape index (κ2) is 5.22. The fraction of sp³-hybridized carbons (Fsp3) is 1.00. The summed E-state index contributed by atoms with van der Waals surface area (Å²) in [6, 6.07) is 0. The molecule has 4 heteroatoms. The summed E-state index contributed by atoms with van der Waals surface area (Å²) in [5.41, 5.74) is -0.443. The molecular weight excluding hydrogens is 220 g/mol. The minimum atomic E-state index is -0.740. The van der Waals surface area contributed by atoms with Gasteiger partial charge in [-0.25, -0.2) is 0 Å². The molecule has 1 heterocycles. The molecule has 1 saturated heterocycles. The van der Waals surface area contributed by atoms with Gasteiger partial charge in [0.2, 0.25) is 0 Å². The summed E-state index contributed by atoms with van der Waals surface area (Å²) >= 11 is 0. The molecule has 1 fully saturated rings. The van der Waals surface area contributed by atoms with Crippen LogP contribution in [0, 0.1) is 0 Å². The highest BCUT2D eigenvalue weighted by Crippen LogP contribution is 2.27. The van der Waals surface area contributed by atoms with Crippen molar-refractivity contribution in [1.82, 2.24) is 0 Å². The molecule has 1 aliphatic heterocycles. The molecule has 0 aliphatic carbocycles. The maximum Gasteiger partial charge on any atom is 0.157 e. The van der Waals surface area contributed by atoms with Crippen molar-refractivity contribution >= 4 is 0 Å². The SMILES string of the molecule is CC(C)(C)OC[C@H]1O[C@@H](O)C[C@H]1OC(C)(C)C. The zero-order chi connectivity index (χ0) is 13.3. The molecule has 4 nitrogen and oxygen atoms in total. The first-order chi connectivity index (χ1) is 7.57. The summed E-state index contributed by atoms with van der Waals surface area (Å²) in [5, 5.41) is 9.54. The maximum absolute atomic E-state index is 9.54. The molecule has 1 aliphatic rings. The van der Waals surface area contributed by atoms with Gasteiger partial charge in [-0.1, -0.05) is 0 Å². The molecule has 0 amide bonds. The molecule has 1 N–H and O–H groups in total. The number of hydrogen-bond donors (Lipinski definition) is 1. The van der Waals surface area contributed by atoms with Crippen LogP contribution >= 0.6 is 0 Å². The fourth-order valence-electron chi connectivity index (χ4n) is 1.75. The quantitative estimate of drug-likeness (QED) is 0.828. The molecule has 0 aromatic rings. The highest BCUT2D eigenvalue weighted by Gasteiger charge is 2.38. The van der Waals surface area contributed by atoms with E-state index in [9.17, 15) is 5.11 Å². The summed E-state index contributed by atoms with van der Waals surface area (Å²) in [4.78, 5) is 0. The van der Waals surface area contributed by atoms with Crippen LogP contribution in [0.1, 0.15) is 48.0 Å². The lowest BCUT2D eigenvalue weighted by Gasteiger charge is -2.29. The molecule has 3 atom stereocenters. The molecular formula is C13H26O4. The van der Waals surface area contributed by atoms with Crippen LogP contribution in [-0.2, 0) is 14.2 Å². The first-order valence-electron chi connectivity index (χ1n) is 6.22. The standard InChI is InChI=1S/C13H26O4/c1-12(2,3)15-8-10-9(7-11(14)16-10)17-13(4,5)6/h9-11,14H,7-8H2,1-6H3/t9-,10-,11-/m1/s1. The van der Waals surface area contributed by atoms with Gasteiger partial charge in [-0.15, -0.1) is 0 Å². The van der Waals surface area contributed by atoms with E-state index in [2.05, 4.69) is 0 Å². The van der Waals surface area contributed by atoms with Crippen LogP contribution < -0.4 is 0 Å². The number of hydrogen-bond acceptors (Lipinski definition) is 4. The van der Waals surface area contributed by atoms with Crippen LogP contribution in [0.3, 0.4) is 0 Å². The van der Waals surface area contributed by atoms with E-state index < -0.39 is 6.29 Å². The number of rotatable bonds is 3. The van der Waals surface area contributed by atoms with Crippen molar-refractivity contribution in [3.63, 3.8) is 0 Å². The lowest BCUT2D eigenvalue weighted by molar-refractivity contribution is -0.149. The summed E-state index contributed by atoms with van der Waals surface area (Å²) in [5.74, 6) is 0. The third-order valence-electron chi connectivity index (χ3n) is 2.37. The van der Waals surface area contributed by atoms with E-state index in [4.69, 9.17) is 14.2 Å². The van der Waals surface area contributed by atoms with Crippen LogP contribution in [0.2, 0.25) is 0 Å². The van der Waals surface area contributed by atoms with Crippen molar-refractivity contribution in [2.45, 2.75) is 77.7 Å². The van der Waals surface area contributed by atoms with E-state index in [1.165, 1.54) is 0 Å². The second-order valence-corrected chi connectivity index (χ2v) is 6.56. The highest BCUT2D eigenvalue weighted by molar-refractivity contribution is 4.82. The molecule has 0 aromatic carbocycles. The molecule has 0 unspecified atom stereocenters. The van der Waals surface area contributed by atoms with Crippen molar-refractivity contribution in [2.75, 3.05) is 6.61 Å². The fourth-order valence-corrected chi connectivity index (χ4v) is 1.75. The van der Waals surface area contributed by atoms with Crippen LogP contribution in [-0.4, -0.2) is 41.4 Å². The smallest absolute Gasteiger partial charge is 0.157 e. The Kier molecular flexibility index (Phi) is 4.58. The summed E-state index contributed by atoms with van der Waals surface area (Å²) in [7, 11) is 0. The first-order valence-corrected chi connectivity index (χ1v) is 6.22. The van der Waals surface area contributed by atoms with Gasteiger partial charge in [-0.3, -0.25) is 0 Å². The maximum atomic E-state index is 9.54. The van der Waals surface area contributed by atoms with Crippen molar-refractivity contribution in [3.8, 4) is 0 Å². The van der Waals surface area contributed by atoms with E-state index in [-0.39, 0.29) is 23.4 Å². The monoisotopic (exact) mass is 246 g/mol. The topological polar surface area (TPSA) is 47.9 Å². The van der Waals surface area contributed by atoms with Gasteiger partial charge < -0.3 is 19.3 Å². The van der Waals surface area contributed by atoms with Crippen LogP contribution in [0.4, 0.5) is 0 Å². The van der Waals surface area contributed by atoms with Gasteiger partial charge in [-0.05, 0) is 41.5 Å². The highest BCUT2D eigenvalue weighted by atomic mass is 16.7. The van der Waals surface area contributed by atoms with Gasteiger partial charge in [0.25, 0.3) is 0 Å². The molecule has 0 bridgehead atoms. The average molecular weight is 246 g/mol. The molecule has 17 heavy (non-hydrogen) atoms. The van der Waals surface area contributed by atoms with Crippen molar-refractivity contribution < 1.29 is 19.3 Å². The lowest BCUT2D eigenvalue weighted by atomic mass is 10.1. The van der Waals surface area contributed by atoms with E-state index in [0.29, 0.717) is 13.0 Å². The van der Waals surface area contributed by atoms with Gasteiger partial charge in [0.15, 0.2) is 6.29 Å². The first kappa shape index (κ1) is 14.9. The molecule has 0 radical (unpaired) electrons. The van der Waals surface area contributed by atoms with Crippen molar-refractivity contribution in [1.29, 1.82) is 0 Å². The normalized spacial score (nSPS) is 30.9. The Balaban J connectivity index is 2.51. The van der Waals surface area contributed by atoms with E-state index >= 15 is 0 Å². The minimum absolute atomic E-state index is 0.104. The zero-order valence-electron chi connectivity index (χ0n) is 11.8. The minimum Gasteiger partial charge on any atom is -0.373 e.